The van der Waals surface area contributed by atoms with Gasteiger partial charge in [-0.2, -0.15) is 0 Å². The fraction of sp³-hybridized carbons (Fsp3) is 0.522. The van der Waals surface area contributed by atoms with E-state index in [2.05, 4.69) is 0 Å². The van der Waals surface area contributed by atoms with E-state index in [1.54, 1.807) is 40.8 Å². The van der Waals surface area contributed by atoms with E-state index >= 15 is 0 Å². The summed E-state index contributed by atoms with van der Waals surface area (Å²) in [5, 5.41) is 0. The first-order valence-corrected chi connectivity index (χ1v) is 10.9. The number of anilines is 1. The van der Waals surface area contributed by atoms with Crippen LogP contribution in [0.5, 0.6) is 11.5 Å². The third-order valence-corrected chi connectivity index (χ3v) is 5.56. The highest BCUT2D eigenvalue weighted by molar-refractivity contribution is 5.78. The molecule has 1 aliphatic rings. The average Bonchev–Trinajstić information content (AvgIpc) is 2.77. The summed E-state index contributed by atoms with van der Waals surface area (Å²) in [6.07, 6.45) is 0. The Bertz CT molecular complexity index is 1050. The Kier molecular flexibility index (Phi) is 7.27. The zero-order valence-electron chi connectivity index (χ0n) is 19.4. The summed E-state index contributed by atoms with van der Waals surface area (Å²) in [5.74, 6) is 1.83. The zero-order chi connectivity index (χ0) is 23.4. The van der Waals surface area contributed by atoms with Gasteiger partial charge in [-0.3, -0.25) is 18.7 Å². The van der Waals surface area contributed by atoms with Gasteiger partial charge in [0.2, 0.25) is 0 Å². The van der Waals surface area contributed by atoms with Crippen molar-refractivity contribution in [3.63, 3.8) is 0 Å². The van der Waals surface area contributed by atoms with Gasteiger partial charge in [0.25, 0.3) is 11.5 Å². The molecule has 1 aromatic heterocycles. The van der Waals surface area contributed by atoms with E-state index < -0.39 is 0 Å². The molecule has 32 heavy (non-hydrogen) atoms. The number of aromatic nitrogens is 2. The maximum absolute atomic E-state index is 13.0. The molecule has 0 atom stereocenters. The van der Waals surface area contributed by atoms with Gasteiger partial charge < -0.3 is 19.3 Å². The lowest BCUT2D eigenvalue weighted by Gasteiger charge is -2.37. The maximum Gasteiger partial charge on any atom is 0.333 e. The molecule has 0 aliphatic carbocycles. The second-order valence-corrected chi connectivity index (χ2v) is 8.38. The molecule has 2 heterocycles. The Balaban J connectivity index is 1.66. The van der Waals surface area contributed by atoms with Crippen LogP contribution in [0.15, 0.2) is 39.9 Å². The molecule has 1 aromatic carbocycles. The minimum absolute atomic E-state index is 0.0482. The summed E-state index contributed by atoms with van der Waals surface area (Å²) in [6.45, 7) is 9.50. The van der Waals surface area contributed by atoms with Gasteiger partial charge in [0.1, 0.15) is 17.3 Å². The molecule has 0 spiro atoms. The number of rotatable bonds is 7. The minimum Gasteiger partial charge on any atom is -0.497 e. The average molecular weight is 445 g/mol. The van der Waals surface area contributed by atoms with Gasteiger partial charge in [-0.05, 0) is 52.0 Å². The minimum atomic E-state index is -0.303. The van der Waals surface area contributed by atoms with Gasteiger partial charge in [-0.1, -0.05) is 0 Å². The van der Waals surface area contributed by atoms with Gasteiger partial charge in [-0.25, -0.2) is 4.79 Å². The Hall–Kier alpha value is -3.23. The standard InChI is InChI=1S/C23H32N4O5/c1-16(2)26-20(14-21(28)27(17(3)4)23(26)30)24-10-12-25(13-11-24)22(29)15-32-19-8-6-18(31-5)7-9-19/h6-9,14,16-17H,10-13,15H2,1-5H3. The van der Waals surface area contributed by atoms with Crippen LogP contribution in [-0.4, -0.2) is 59.8 Å². The molecule has 0 N–H and O–H groups in total. The van der Waals surface area contributed by atoms with Crippen molar-refractivity contribution in [3.05, 3.63) is 51.2 Å². The summed E-state index contributed by atoms with van der Waals surface area (Å²) >= 11 is 0. The number of ether oxygens (including phenoxy) is 2. The van der Waals surface area contributed by atoms with E-state index in [0.29, 0.717) is 37.7 Å². The first kappa shape index (κ1) is 23.4. The number of piperazine rings is 1. The molecule has 0 saturated carbocycles. The second kappa shape index (κ2) is 9.93. The van der Waals surface area contributed by atoms with Crippen molar-refractivity contribution < 1.29 is 14.3 Å². The van der Waals surface area contributed by atoms with Crippen LogP contribution in [-0.2, 0) is 4.79 Å². The smallest absolute Gasteiger partial charge is 0.333 e. The lowest BCUT2D eigenvalue weighted by atomic mass is 10.2. The summed E-state index contributed by atoms with van der Waals surface area (Å²) in [7, 11) is 1.59. The van der Waals surface area contributed by atoms with E-state index in [1.807, 2.05) is 32.6 Å². The molecule has 9 nitrogen and oxygen atoms in total. The zero-order valence-corrected chi connectivity index (χ0v) is 19.4. The van der Waals surface area contributed by atoms with Crippen LogP contribution in [0.2, 0.25) is 0 Å². The van der Waals surface area contributed by atoms with Crippen molar-refractivity contribution in [2.75, 3.05) is 44.8 Å². The summed E-state index contributed by atoms with van der Waals surface area (Å²) in [4.78, 5) is 41.9. The van der Waals surface area contributed by atoms with Crippen LogP contribution in [0.25, 0.3) is 0 Å². The highest BCUT2D eigenvalue weighted by Gasteiger charge is 2.25. The van der Waals surface area contributed by atoms with Crippen LogP contribution in [0.1, 0.15) is 39.8 Å². The van der Waals surface area contributed by atoms with Crippen LogP contribution >= 0.6 is 0 Å². The van der Waals surface area contributed by atoms with Crippen molar-refractivity contribution in [2.45, 2.75) is 39.8 Å². The molecule has 1 saturated heterocycles. The molecule has 0 bridgehead atoms. The molecule has 2 aromatic rings. The first-order valence-electron chi connectivity index (χ1n) is 10.9. The topological polar surface area (TPSA) is 86.0 Å². The number of amides is 1. The van der Waals surface area contributed by atoms with Crippen molar-refractivity contribution in [1.29, 1.82) is 0 Å². The van der Waals surface area contributed by atoms with Gasteiger partial charge >= 0.3 is 5.69 Å². The summed E-state index contributed by atoms with van der Waals surface area (Å²) in [6, 6.07) is 8.30. The van der Waals surface area contributed by atoms with Gasteiger partial charge in [0.15, 0.2) is 6.61 Å². The summed E-state index contributed by atoms with van der Waals surface area (Å²) in [5.41, 5.74) is -0.604. The van der Waals surface area contributed by atoms with E-state index in [4.69, 9.17) is 9.47 Å². The highest BCUT2D eigenvalue weighted by atomic mass is 16.5. The normalized spacial score (nSPS) is 14.2. The molecular weight excluding hydrogens is 412 g/mol. The number of hydrogen-bond donors (Lipinski definition) is 0. The van der Waals surface area contributed by atoms with Crippen LogP contribution in [0.3, 0.4) is 0 Å². The Labute approximate surface area is 187 Å². The number of carbonyl (C=O) groups is 1. The van der Waals surface area contributed by atoms with E-state index in [1.165, 1.54) is 10.6 Å². The molecule has 9 heteroatoms. The van der Waals surface area contributed by atoms with Gasteiger partial charge in [0.05, 0.1) is 7.11 Å². The maximum atomic E-state index is 13.0. The quantitative estimate of drug-likeness (QED) is 0.649. The van der Waals surface area contributed by atoms with Crippen LogP contribution in [0.4, 0.5) is 5.82 Å². The molecule has 3 rings (SSSR count). The Morgan fingerprint density at radius 2 is 1.47 bits per heavy atom. The first-order chi connectivity index (χ1) is 15.2. The number of hydrogen-bond acceptors (Lipinski definition) is 6. The highest BCUT2D eigenvalue weighted by Crippen LogP contribution is 2.19. The van der Waals surface area contributed by atoms with Crippen molar-refractivity contribution >= 4 is 11.7 Å². The molecule has 1 fully saturated rings. The van der Waals surface area contributed by atoms with Gasteiger partial charge in [-0.15, -0.1) is 0 Å². The third-order valence-electron chi connectivity index (χ3n) is 5.56. The number of methoxy groups -OCH3 is 1. The third kappa shape index (κ3) is 4.98. The molecule has 1 amide bonds. The van der Waals surface area contributed by atoms with E-state index in [9.17, 15) is 14.4 Å². The van der Waals surface area contributed by atoms with Crippen molar-refractivity contribution in [1.82, 2.24) is 14.0 Å². The molecule has 0 unspecified atom stereocenters. The predicted octanol–water partition coefficient (Wildman–Crippen LogP) is 1.91. The number of benzene rings is 1. The predicted molar refractivity (Wildman–Crippen MR) is 123 cm³/mol. The van der Waals surface area contributed by atoms with Gasteiger partial charge in [0, 0.05) is 44.3 Å². The van der Waals surface area contributed by atoms with Crippen molar-refractivity contribution in [2.24, 2.45) is 0 Å². The SMILES string of the molecule is COc1ccc(OCC(=O)N2CCN(c3cc(=O)n(C(C)C)c(=O)n3C(C)C)CC2)cc1. The lowest BCUT2D eigenvalue weighted by Crippen LogP contribution is -2.52. The van der Waals surface area contributed by atoms with E-state index in [0.717, 1.165) is 5.75 Å². The molecular formula is C23H32N4O5. The largest absolute Gasteiger partial charge is 0.497 e. The lowest BCUT2D eigenvalue weighted by molar-refractivity contribution is -0.133. The number of nitrogens with zero attached hydrogens (tertiary/aromatic N) is 4. The summed E-state index contributed by atoms with van der Waals surface area (Å²) < 4.78 is 13.7. The van der Waals surface area contributed by atoms with Crippen LogP contribution in [0, 0.1) is 0 Å². The Morgan fingerprint density at radius 1 is 0.906 bits per heavy atom. The monoisotopic (exact) mass is 444 g/mol. The fourth-order valence-corrected chi connectivity index (χ4v) is 3.86. The Morgan fingerprint density at radius 3 is 2.00 bits per heavy atom. The molecule has 174 valence electrons. The molecule has 1 aliphatic heterocycles. The van der Waals surface area contributed by atoms with E-state index in [-0.39, 0.29) is 35.8 Å². The van der Waals surface area contributed by atoms with Crippen LogP contribution < -0.4 is 25.6 Å². The molecule has 0 radical (unpaired) electrons. The van der Waals surface area contributed by atoms with Crippen molar-refractivity contribution in [3.8, 4) is 11.5 Å². The number of carbonyl (C=O) groups excluding carboxylic acids is 1. The second-order valence-electron chi connectivity index (χ2n) is 8.38. The fourth-order valence-electron chi connectivity index (χ4n) is 3.86.